The maximum absolute atomic E-state index is 11.7. The molecule has 1 fully saturated rings. The highest BCUT2D eigenvalue weighted by molar-refractivity contribution is 5.75. The fraction of sp³-hybridized carbons (Fsp3) is 0.588. The van der Waals surface area contributed by atoms with Crippen molar-refractivity contribution >= 4 is 5.91 Å². The molecule has 1 aromatic carbocycles. The summed E-state index contributed by atoms with van der Waals surface area (Å²) in [7, 11) is 1.70. The highest BCUT2D eigenvalue weighted by Crippen LogP contribution is 2.40. The molecule has 0 atom stereocenters. The number of hydrogen-bond acceptors (Lipinski definition) is 3. The van der Waals surface area contributed by atoms with Gasteiger partial charge < -0.3 is 14.8 Å². The minimum atomic E-state index is -0.0968. The summed E-state index contributed by atoms with van der Waals surface area (Å²) in [5.74, 6) is 0.987. The lowest BCUT2D eigenvalue weighted by Crippen LogP contribution is -2.44. The van der Waals surface area contributed by atoms with Crippen LogP contribution in [-0.2, 0) is 14.9 Å². The van der Waals surface area contributed by atoms with Gasteiger partial charge in [0.1, 0.15) is 5.75 Å². The van der Waals surface area contributed by atoms with Crippen LogP contribution in [0.4, 0.5) is 0 Å². The van der Waals surface area contributed by atoms with Crippen LogP contribution in [0.15, 0.2) is 18.2 Å². The molecule has 4 heteroatoms. The highest BCUT2D eigenvalue weighted by Gasteiger charge is 2.37. The molecule has 2 rings (SSSR count). The van der Waals surface area contributed by atoms with Gasteiger partial charge >= 0.3 is 0 Å². The Morgan fingerprint density at radius 1 is 1.38 bits per heavy atom. The number of amides is 1. The summed E-state index contributed by atoms with van der Waals surface area (Å²) >= 11 is 0. The molecule has 0 radical (unpaired) electrons. The van der Waals surface area contributed by atoms with E-state index in [1.54, 1.807) is 7.11 Å². The minimum absolute atomic E-state index is 0.0903. The van der Waals surface area contributed by atoms with Crippen molar-refractivity contribution in [3.8, 4) is 5.75 Å². The number of carbonyl (C=O) groups excluding carboxylic acids is 1. The summed E-state index contributed by atoms with van der Waals surface area (Å²) in [6.07, 6.45) is 2.31. The Kier molecular flexibility index (Phi) is 5.23. The largest absolute Gasteiger partial charge is 0.496 e. The van der Waals surface area contributed by atoms with Crippen LogP contribution in [0.25, 0.3) is 0 Å². The van der Waals surface area contributed by atoms with E-state index in [0.717, 1.165) is 31.8 Å². The van der Waals surface area contributed by atoms with Gasteiger partial charge in [0, 0.05) is 37.2 Å². The molecule has 0 spiro atoms. The zero-order chi connectivity index (χ0) is 15.3. The first-order chi connectivity index (χ1) is 10.1. The van der Waals surface area contributed by atoms with Gasteiger partial charge in [-0.05, 0) is 25.8 Å². The average molecular weight is 291 g/mol. The third kappa shape index (κ3) is 3.56. The number of carbonyl (C=O) groups is 1. The van der Waals surface area contributed by atoms with E-state index in [1.807, 2.05) is 13.0 Å². The van der Waals surface area contributed by atoms with E-state index in [-0.39, 0.29) is 11.3 Å². The second kappa shape index (κ2) is 6.94. The van der Waals surface area contributed by atoms with Crippen molar-refractivity contribution in [2.24, 2.45) is 0 Å². The van der Waals surface area contributed by atoms with Gasteiger partial charge in [-0.1, -0.05) is 24.6 Å². The van der Waals surface area contributed by atoms with Gasteiger partial charge in [-0.3, -0.25) is 4.79 Å². The monoisotopic (exact) mass is 291 g/mol. The lowest BCUT2D eigenvalue weighted by Gasteiger charge is -2.38. The Hall–Kier alpha value is -1.55. The first kappa shape index (κ1) is 15.8. The summed E-state index contributed by atoms with van der Waals surface area (Å²) in [6.45, 7) is 6.04. The van der Waals surface area contributed by atoms with E-state index in [0.29, 0.717) is 13.0 Å². The van der Waals surface area contributed by atoms with Gasteiger partial charge in [-0.15, -0.1) is 0 Å². The Balaban J connectivity index is 2.34. The van der Waals surface area contributed by atoms with Crippen LogP contribution in [-0.4, -0.2) is 32.8 Å². The predicted molar refractivity (Wildman–Crippen MR) is 82.8 cm³/mol. The van der Waals surface area contributed by atoms with E-state index in [1.165, 1.54) is 11.1 Å². The number of ether oxygens (including phenoxy) is 2. The number of methoxy groups -OCH3 is 1. The third-order valence-electron chi connectivity index (χ3n) is 4.32. The van der Waals surface area contributed by atoms with Crippen LogP contribution in [0, 0.1) is 6.92 Å². The summed E-state index contributed by atoms with van der Waals surface area (Å²) in [5, 5.41) is 3.06. The zero-order valence-corrected chi connectivity index (χ0v) is 13.2. The van der Waals surface area contributed by atoms with E-state index in [9.17, 15) is 4.79 Å². The van der Waals surface area contributed by atoms with E-state index >= 15 is 0 Å². The van der Waals surface area contributed by atoms with E-state index < -0.39 is 0 Å². The van der Waals surface area contributed by atoms with Crippen molar-refractivity contribution in [2.45, 2.75) is 38.5 Å². The molecule has 0 aliphatic carbocycles. The van der Waals surface area contributed by atoms with Crippen molar-refractivity contribution in [1.29, 1.82) is 0 Å². The molecular weight excluding hydrogens is 266 g/mol. The van der Waals surface area contributed by atoms with Crippen molar-refractivity contribution < 1.29 is 14.3 Å². The van der Waals surface area contributed by atoms with Crippen molar-refractivity contribution in [3.63, 3.8) is 0 Å². The molecule has 1 aromatic rings. The predicted octanol–water partition coefficient (Wildman–Crippen LogP) is 2.58. The second-order valence-corrected chi connectivity index (χ2v) is 5.73. The summed E-state index contributed by atoms with van der Waals surface area (Å²) < 4.78 is 11.1. The Morgan fingerprint density at radius 2 is 2.10 bits per heavy atom. The van der Waals surface area contributed by atoms with Crippen molar-refractivity contribution in [1.82, 2.24) is 5.32 Å². The van der Waals surface area contributed by atoms with Crippen LogP contribution < -0.4 is 10.1 Å². The molecule has 1 aliphatic rings. The van der Waals surface area contributed by atoms with Crippen LogP contribution >= 0.6 is 0 Å². The van der Waals surface area contributed by atoms with Gasteiger partial charge in [0.25, 0.3) is 0 Å². The first-order valence-corrected chi connectivity index (χ1v) is 7.61. The smallest absolute Gasteiger partial charge is 0.219 e. The molecule has 1 saturated heterocycles. The van der Waals surface area contributed by atoms with E-state index in [2.05, 4.69) is 24.4 Å². The Bertz CT molecular complexity index is 493. The molecule has 1 aliphatic heterocycles. The number of aryl methyl sites for hydroxylation is 1. The van der Waals surface area contributed by atoms with Gasteiger partial charge in [0.15, 0.2) is 0 Å². The lowest BCUT2D eigenvalue weighted by molar-refractivity contribution is -0.121. The summed E-state index contributed by atoms with van der Waals surface area (Å²) in [5.41, 5.74) is 2.30. The number of benzene rings is 1. The normalized spacial score (nSPS) is 17.3. The number of rotatable bonds is 5. The SMILES string of the molecule is CCC(=O)NCC1(c2cc(C)ccc2OC)CCOCC1. The lowest BCUT2D eigenvalue weighted by atomic mass is 9.73. The molecule has 1 amide bonds. The molecule has 21 heavy (non-hydrogen) atoms. The van der Waals surface area contributed by atoms with Gasteiger partial charge in [0.05, 0.1) is 7.11 Å². The zero-order valence-electron chi connectivity index (χ0n) is 13.2. The van der Waals surface area contributed by atoms with Gasteiger partial charge in [-0.25, -0.2) is 0 Å². The van der Waals surface area contributed by atoms with Gasteiger partial charge in [0.2, 0.25) is 5.91 Å². The fourth-order valence-electron chi connectivity index (χ4n) is 2.93. The molecule has 116 valence electrons. The quantitative estimate of drug-likeness (QED) is 0.907. The van der Waals surface area contributed by atoms with Crippen molar-refractivity contribution in [3.05, 3.63) is 29.3 Å². The second-order valence-electron chi connectivity index (χ2n) is 5.73. The summed E-state index contributed by atoms with van der Waals surface area (Å²) in [4.78, 5) is 11.7. The molecule has 1 heterocycles. The maximum Gasteiger partial charge on any atom is 0.219 e. The number of nitrogens with one attached hydrogen (secondary N) is 1. The standard InChI is InChI=1S/C17H25NO3/c1-4-16(19)18-12-17(7-9-21-10-8-17)14-11-13(2)5-6-15(14)20-3/h5-6,11H,4,7-10,12H2,1-3H3,(H,18,19). The molecule has 0 bridgehead atoms. The van der Waals surface area contributed by atoms with Gasteiger partial charge in [-0.2, -0.15) is 0 Å². The van der Waals surface area contributed by atoms with Crippen molar-refractivity contribution in [2.75, 3.05) is 26.9 Å². The van der Waals surface area contributed by atoms with E-state index in [4.69, 9.17) is 9.47 Å². The average Bonchev–Trinajstić information content (AvgIpc) is 2.53. The molecule has 0 unspecified atom stereocenters. The molecule has 1 N–H and O–H groups in total. The fourth-order valence-corrected chi connectivity index (χ4v) is 2.93. The molecule has 4 nitrogen and oxygen atoms in total. The maximum atomic E-state index is 11.7. The Labute approximate surface area is 126 Å². The number of hydrogen-bond donors (Lipinski definition) is 1. The van der Waals surface area contributed by atoms with Crippen LogP contribution in [0.5, 0.6) is 5.75 Å². The Morgan fingerprint density at radius 3 is 2.71 bits per heavy atom. The third-order valence-corrected chi connectivity index (χ3v) is 4.32. The minimum Gasteiger partial charge on any atom is -0.496 e. The van der Waals surface area contributed by atoms with Crippen LogP contribution in [0.3, 0.4) is 0 Å². The van der Waals surface area contributed by atoms with Crippen LogP contribution in [0.1, 0.15) is 37.3 Å². The highest BCUT2D eigenvalue weighted by atomic mass is 16.5. The van der Waals surface area contributed by atoms with Crippen LogP contribution in [0.2, 0.25) is 0 Å². The molecular formula is C17H25NO3. The summed E-state index contributed by atoms with van der Waals surface area (Å²) in [6, 6.07) is 6.26. The molecule has 0 aromatic heterocycles. The topological polar surface area (TPSA) is 47.6 Å². The molecule has 0 saturated carbocycles. The first-order valence-electron chi connectivity index (χ1n) is 7.61.